The van der Waals surface area contributed by atoms with Crippen molar-refractivity contribution in [1.82, 2.24) is 14.5 Å². The first-order chi connectivity index (χ1) is 18.9. The van der Waals surface area contributed by atoms with Crippen LogP contribution in [0.25, 0.3) is 0 Å². The van der Waals surface area contributed by atoms with Gasteiger partial charge in [-0.2, -0.15) is 0 Å². The van der Waals surface area contributed by atoms with E-state index in [-0.39, 0.29) is 49.1 Å². The van der Waals surface area contributed by atoms with Gasteiger partial charge in [0.2, 0.25) is 21.8 Å². The zero-order valence-electron chi connectivity index (χ0n) is 23.5. The molecule has 0 aromatic heterocycles. The van der Waals surface area contributed by atoms with Crippen molar-refractivity contribution in [2.75, 3.05) is 13.6 Å². The van der Waals surface area contributed by atoms with Crippen LogP contribution in [0.3, 0.4) is 0 Å². The molecule has 0 spiro atoms. The molecule has 7 nitrogen and oxygen atoms in total. The second kappa shape index (κ2) is 13.7. The van der Waals surface area contributed by atoms with Crippen LogP contribution >= 0.6 is 0 Å². The number of nitrogens with one attached hydrogen (secondary N) is 1. The summed E-state index contributed by atoms with van der Waals surface area (Å²) in [5.41, 5.74) is 0.602. The number of hydrogen-bond donors (Lipinski definition) is 1. The molecule has 0 bridgehead atoms. The summed E-state index contributed by atoms with van der Waals surface area (Å²) in [6, 6.07) is 22.7. The van der Waals surface area contributed by atoms with Crippen LogP contribution in [0.2, 0.25) is 0 Å². The third kappa shape index (κ3) is 8.72. The maximum absolute atomic E-state index is 14.7. The number of benzene rings is 3. The molecule has 9 heteroatoms. The number of rotatable bonds is 12. The number of hydrogen-bond acceptors (Lipinski definition) is 4. The van der Waals surface area contributed by atoms with Crippen molar-refractivity contribution in [1.29, 1.82) is 0 Å². The Balaban J connectivity index is 1.85. The molecule has 0 aliphatic carbocycles. The first-order valence-electron chi connectivity index (χ1n) is 13.3. The molecule has 2 amide bonds. The molecular formula is C31H38FN3O4S. The minimum atomic E-state index is -3.71. The third-order valence-corrected chi connectivity index (χ3v) is 8.25. The molecule has 3 aromatic carbocycles. The zero-order chi connectivity index (χ0) is 29.3. The molecule has 0 unspecified atom stereocenters. The van der Waals surface area contributed by atoms with E-state index in [2.05, 4.69) is 5.32 Å². The van der Waals surface area contributed by atoms with Crippen LogP contribution in [0, 0.1) is 5.82 Å². The molecule has 0 aliphatic heterocycles. The maximum atomic E-state index is 14.7. The van der Waals surface area contributed by atoms with E-state index < -0.39 is 27.4 Å². The summed E-state index contributed by atoms with van der Waals surface area (Å²) in [6.45, 7) is 5.58. The molecular weight excluding hydrogens is 529 g/mol. The van der Waals surface area contributed by atoms with Gasteiger partial charge in [-0.25, -0.2) is 17.1 Å². The van der Waals surface area contributed by atoms with Gasteiger partial charge in [-0.15, -0.1) is 0 Å². The summed E-state index contributed by atoms with van der Waals surface area (Å²) < 4.78 is 41.7. The number of nitrogens with zero attached hydrogens (tertiary/aromatic N) is 2. The first kappa shape index (κ1) is 31.0. The van der Waals surface area contributed by atoms with E-state index >= 15 is 0 Å². The van der Waals surface area contributed by atoms with Crippen LogP contribution in [0.4, 0.5) is 4.39 Å². The lowest BCUT2D eigenvalue weighted by Gasteiger charge is -2.34. The Hall–Kier alpha value is -3.56. The monoisotopic (exact) mass is 567 g/mol. The Labute approximate surface area is 237 Å². The van der Waals surface area contributed by atoms with Crippen LogP contribution in [0.15, 0.2) is 89.8 Å². The van der Waals surface area contributed by atoms with E-state index in [1.807, 2.05) is 51.1 Å². The fraction of sp³-hybridized carbons (Fsp3) is 0.355. The predicted octanol–water partition coefficient (Wildman–Crippen LogP) is 4.78. The van der Waals surface area contributed by atoms with Gasteiger partial charge >= 0.3 is 0 Å². The molecule has 3 aromatic rings. The standard InChI is InChI=1S/C31H38FN3O4S/c1-31(2,3)33-30(37)28(22-24-14-7-5-8-15-24)35(23-25-16-11-12-19-27(25)32)29(36)20-13-21-34(4)40(38,39)26-17-9-6-10-18-26/h5-12,14-19,28H,13,20-23H2,1-4H3,(H,33,37)/t28-/m0/s1. The van der Waals surface area contributed by atoms with E-state index in [0.717, 1.165) is 5.56 Å². The van der Waals surface area contributed by atoms with E-state index in [4.69, 9.17) is 0 Å². The van der Waals surface area contributed by atoms with E-state index in [1.54, 1.807) is 36.4 Å². The van der Waals surface area contributed by atoms with Crippen molar-refractivity contribution < 1.29 is 22.4 Å². The van der Waals surface area contributed by atoms with Gasteiger partial charge in [-0.3, -0.25) is 9.59 Å². The van der Waals surface area contributed by atoms with Gasteiger partial charge < -0.3 is 10.2 Å². The maximum Gasteiger partial charge on any atom is 0.243 e. The molecule has 0 radical (unpaired) electrons. The second-order valence-corrected chi connectivity index (χ2v) is 12.8. The predicted molar refractivity (Wildman–Crippen MR) is 154 cm³/mol. The minimum absolute atomic E-state index is 0.0167. The van der Waals surface area contributed by atoms with Crippen molar-refractivity contribution in [2.24, 2.45) is 0 Å². The quantitative estimate of drug-likeness (QED) is 0.341. The normalized spacial score (nSPS) is 12.7. The topological polar surface area (TPSA) is 86.8 Å². The third-order valence-electron chi connectivity index (χ3n) is 6.38. The molecule has 1 N–H and O–H groups in total. The van der Waals surface area contributed by atoms with Crippen molar-refractivity contribution in [3.05, 3.63) is 102 Å². The molecule has 0 saturated carbocycles. The van der Waals surface area contributed by atoms with Crippen molar-refractivity contribution in [2.45, 2.75) is 63.1 Å². The van der Waals surface area contributed by atoms with Crippen LogP contribution in [-0.2, 0) is 32.6 Å². The number of carbonyl (C=O) groups excluding carboxylic acids is 2. The van der Waals surface area contributed by atoms with Crippen LogP contribution < -0.4 is 5.32 Å². The average molecular weight is 568 g/mol. The number of sulfonamides is 1. The Bertz CT molecular complexity index is 1380. The number of halogens is 1. The van der Waals surface area contributed by atoms with Gasteiger partial charge in [-0.1, -0.05) is 66.7 Å². The zero-order valence-corrected chi connectivity index (χ0v) is 24.3. The van der Waals surface area contributed by atoms with Gasteiger partial charge in [0.25, 0.3) is 0 Å². The largest absolute Gasteiger partial charge is 0.350 e. The molecule has 1 atom stereocenters. The average Bonchev–Trinajstić information content (AvgIpc) is 2.91. The number of amides is 2. The summed E-state index contributed by atoms with van der Waals surface area (Å²) in [5.74, 6) is -1.17. The lowest BCUT2D eigenvalue weighted by atomic mass is 10.00. The van der Waals surface area contributed by atoms with Crippen LogP contribution in [0.5, 0.6) is 0 Å². The molecule has 0 fully saturated rings. The Morgan fingerprint density at radius 1 is 0.900 bits per heavy atom. The molecule has 214 valence electrons. The van der Waals surface area contributed by atoms with E-state index in [1.165, 1.54) is 34.5 Å². The first-order valence-corrected chi connectivity index (χ1v) is 14.7. The van der Waals surface area contributed by atoms with Gasteiger partial charge in [0.1, 0.15) is 11.9 Å². The minimum Gasteiger partial charge on any atom is -0.350 e. The molecule has 0 aliphatic rings. The van der Waals surface area contributed by atoms with Crippen molar-refractivity contribution in [3.8, 4) is 0 Å². The molecule has 3 rings (SSSR count). The highest BCUT2D eigenvalue weighted by Crippen LogP contribution is 2.20. The van der Waals surface area contributed by atoms with Gasteiger partial charge in [0, 0.05) is 44.1 Å². The smallest absolute Gasteiger partial charge is 0.243 e. The summed E-state index contributed by atoms with van der Waals surface area (Å²) >= 11 is 0. The molecule has 0 saturated heterocycles. The number of carbonyl (C=O) groups is 2. The summed E-state index contributed by atoms with van der Waals surface area (Å²) in [7, 11) is -2.24. The van der Waals surface area contributed by atoms with Crippen LogP contribution in [0.1, 0.15) is 44.7 Å². The van der Waals surface area contributed by atoms with Crippen LogP contribution in [-0.4, -0.2) is 54.6 Å². The summed E-state index contributed by atoms with van der Waals surface area (Å²) in [4.78, 5) is 28.9. The highest BCUT2D eigenvalue weighted by molar-refractivity contribution is 7.89. The SMILES string of the molecule is CN(CCCC(=O)N(Cc1ccccc1F)[C@@H](Cc1ccccc1)C(=O)NC(C)(C)C)S(=O)(=O)c1ccccc1. The Morgan fingerprint density at radius 2 is 1.48 bits per heavy atom. The van der Waals surface area contributed by atoms with E-state index in [9.17, 15) is 22.4 Å². The fourth-order valence-corrected chi connectivity index (χ4v) is 5.54. The fourth-order valence-electron chi connectivity index (χ4n) is 4.31. The van der Waals surface area contributed by atoms with Crippen molar-refractivity contribution >= 4 is 21.8 Å². The second-order valence-electron chi connectivity index (χ2n) is 10.8. The summed E-state index contributed by atoms with van der Waals surface area (Å²) in [6.07, 6.45) is 0.455. The Kier molecular flexibility index (Phi) is 10.6. The molecule has 0 heterocycles. The summed E-state index contributed by atoms with van der Waals surface area (Å²) in [5, 5.41) is 2.97. The van der Waals surface area contributed by atoms with Gasteiger partial charge in [0.05, 0.1) is 4.90 Å². The van der Waals surface area contributed by atoms with Gasteiger partial charge in [-0.05, 0) is 51.0 Å². The molecule has 40 heavy (non-hydrogen) atoms. The lowest BCUT2D eigenvalue weighted by Crippen LogP contribution is -2.54. The lowest BCUT2D eigenvalue weighted by molar-refractivity contribution is -0.142. The highest BCUT2D eigenvalue weighted by atomic mass is 32.2. The highest BCUT2D eigenvalue weighted by Gasteiger charge is 2.32. The Morgan fingerprint density at radius 3 is 2.08 bits per heavy atom. The van der Waals surface area contributed by atoms with E-state index in [0.29, 0.717) is 5.56 Å². The van der Waals surface area contributed by atoms with Crippen molar-refractivity contribution in [3.63, 3.8) is 0 Å². The van der Waals surface area contributed by atoms with Gasteiger partial charge in [0.15, 0.2) is 0 Å².